The van der Waals surface area contributed by atoms with Crippen LogP contribution in [0.15, 0.2) is 22.7 Å². The summed E-state index contributed by atoms with van der Waals surface area (Å²) in [5.74, 6) is 0.700. The van der Waals surface area contributed by atoms with Crippen LogP contribution in [0.5, 0.6) is 5.75 Å². The Balaban J connectivity index is 1.66. The van der Waals surface area contributed by atoms with Crippen molar-refractivity contribution in [3.63, 3.8) is 0 Å². The molecule has 0 amide bonds. The van der Waals surface area contributed by atoms with Crippen molar-refractivity contribution in [1.29, 1.82) is 5.26 Å². The number of aromatic nitrogens is 2. The average Bonchev–Trinajstić information content (AvgIpc) is 3.03. The predicted molar refractivity (Wildman–Crippen MR) is 72.5 cm³/mol. The minimum Gasteiger partial charge on any atom is -0.484 e. The Kier molecular flexibility index (Phi) is 4.30. The van der Waals surface area contributed by atoms with Crippen molar-refractivity contribution >= 4 is 0 Å². The van der Waals surface area contributed by atoms with Crippen LogP contribution in [0.3, 0.4) is 0 Å². The molecule has 0 radical (unpaired) electrons. The highest BCUT2D eigenvalue weighted by Crippen LogP contribution is 2.26. The van der Waals surface area contributed by atoms with Gasteiger partial charge in [-0.05, 0) is 25.0 Å². The normalized spacial score (nSPS) is 15.5. The van der Waals surface area contributed by atoms with Crippen LogP contribution in [0.1, 0.15) is 36.0 Å². The van der Waals surface area contributed by atoms with E-state index in [-0.39, 0.29) is 23.8 Å². The molecule has 1 fully saturated rings. The fourth-order valence-corrected chi connectivity index (χ4v) is 2.31. The molecule has 22 heavy (non-hydrogen) atoms. The Hall–Kier alpha value is -2.46. The van der Waals surface area contributed by atoms with Gasteiger partial charge in [-0.15, -0.1) is 0 Å². The van der Waals surface area contributed by atoms with Crippen LogP contribution in [0.4, 0.5) is 4.39 Å². The third kappa shape index (κ3) is 3.07. The molecule has 1 aromatic heterocycles. The maximum absolute atomic E-state index is 13.5. The molecule has 7 heteroatoms. The van der Waals surface area contributed by atoms with Crippen LogP contribution >= 0.6 is 0 Å². The Morgan fingerprint density at radius 2 is 2.18 bits per heavy atom. The first-order valence-corrected chi connectivity index (χ1v) is 6.99. The van der Waals surface area contributed by atoms with E-state index in [0.717, 1.165) is 12.8 Å². The van der Waals surface area contributed by atoms with E-state index in [1.54, 1.807) is 6.07 Å². The first kappa shape index (κ1) is 14.5. The van der Waals surface area contributed by atoms with Crippen LogP contribution in [0.2, 0.25) is 0 Å². The van der Waals surface area contributed by atoms with Crippen molar-refractivity contribution in [2.75, 3.05) is 13.2 Å². The quantitative estimate of drug-likeness (QED) is 0.863. The molecule has 0 N–H and O–H groups in total. The first-order valence-electron chi connectivity index (χ1n) is 6.99. The van der Waals surface area contributed by atoms with E-state index in [1.807, 2.05) is 0 Å². The molecule has 0 spiro atoms. The zero-order valence-electron chi connectivity index (χ0n) is 11.8. The van der Waals surface area contributed by atoms with Crippen LogP contribution < -0.4 is 4.74 Å². The monoisotopic (exact) mass is 303 g/mol. The maximum atomic E-state index is 13.5. The van der Waals surface area contributed by atoms with Gasteiger partial charge >= 0.3 is 0 Å². The zero-order valence-corrected chi connectivity index (χ0v) is 11.8. The molecule has 0 bridgehead atoms. The highest BCUT2D eigenvalue weighted by atomic mass is 19.1. The molecule has 1 aliphatic heterocycles. The number of ether oxygens (including phenoxy) is 2. The lowest BCUT2D eigenvalue weighted by Crippen LogP contribution is -2.14. The summed E-state index contributed by atoms with van der Waals surface area (Å²) in [5.41, 5.74) is -0.129. The highest BCUT2D eigenvalue weighted by Gasteiger charge is 2.22. The molecule has 3 rings (SSSR count). The van der Waals surface area contributed by atoms with Crippen LogP contribution in [-0.4, -0.2) is 23.4 Å². The van der Waals surface area contributed by atoms with Gasteiger partial charge < -0.3 is 14.0 Å². The standard InChI is InChI=1S/C15H14FN3O3/c16-12-2-1-3-13(11(12)8-17)21-9-14-18-15(22-19-14)10-4-6-20-7-5-10/h1-3,10H,4-7,9H2. The van der Waals surface area contributed by atoms with Gasteiger partial charge in [-0.25, -0.2) is 4.39 Å². The fourth-order valence-electron chi connectivity index (χ4n) is 2.31. The SMILES string of the molecule is N#Cc1c(F)cccc1OCc1noc(C2CCOCC2)n1. The second-order valence-electron chi connectivity index (χ2n) is 4.95. The van der Waals surface area contributed by atoms with Crippen molar-refractivity contribution < 1.29 is 18.4 Å². The molecule has 0 saturated carbocycles. The third-order valence-electron chi connectivity index (χ3n) is 3.50. The number of nitrogens with zero attached hydrogens (tertiary/aromatic N) is 3. The summed E-state index contributed by atoms with van der Waals surface area (Å²) >= 11 is 0. The van der Waals surface area contributed by atoms with Gasteiger partial charge in [0.2, 0.25) is 11.7 Å². The van der Waals surface area contributed by atoms with E-state index in [0.29, 0.717) is 24.9 Å². The van der Waals surface area contributed by atoms with E-state index in [1.165, 1.54) is 18.2 Å². The van der Waals surface area contributed by atoms with Gasteiger partial charge in [-0.3, -0.25) is 0 Å². The minimum absolute atomic E-state index is 0.0187. The zero-order chi connectivity index (χ0) is 15.4. The van der Waals surface area contributed by atoms with Gasteiger partial charge in [0.1, 0.15) is 23.2 Å². The number of benzene rings is 1. The summed E-state index contributed by atoms with van der Waals surface area (Å²) < 4.78 is 29.4. The molecule has 6 nitrogen and oxygen atoms in total. The summed E-state index contributed by atoms with van der Waals surface area (Å²) in [7, 11) is 0. The van der Waals surface area contributed by atoms with Crippen molar-refractivity contribution in [2.24, 2.45) is 0 Å². The van der Waals surface area contributed by atoms with Gasteiger partial charge in [0, 0.05) is 19.1 Å². The molecule has 2 heterocycles. The molecular formula is C15H14FN3O3. The molecular weight excluding hydrogens is 289 g/mol. The van der Waals surface area contributed by atoms with Crippen molar-refractivity contribution in [1.82, 2.24) is 10.1 Å². The molecule has 2 aromatic rings. The summed E-state index contributed by atoms with van der Waals surface area (Å²) in [6, 6.07) is 6.00. The smallest absolute Gasteiger partial charge is 0.230 e. The number of hydrogen-bond donors (Lipinski definition) is 0. The molecule has 114 valence electrons. The predicted octanol–water partition coefficient (Wildman–Crippen LogP) is 2.55. The molecule has 0 unspecified atom stereocenters. The molecule has 0 aliphatic carbocycles. The van der Waals surface area contributed by atoms with E-state index >= 15 is 0 Å². The van der Waals surface area contributed by atoms with E-state index in [4.69, 9.17) is 19.3 Å². The summed E-state index contributed by atoms with van der Waals surface area (Å²) in [6.07, 6.45) is 1.70. The second kappa shape index (κ2) is 6.54. The van der Waals surface area contributed by atoms with Crippen molar-refractivity contribution in [3.05, 3.63) is 41.3 Å². The Labute approximate surface area is 126 Å². The lowest BCUT2D eigenvalue weighted by molar-refractivity contribution is 0.0778. The van der Waals surface area contributed by atoms with Crippen LogP contribution in [-0.2, 0) is 11.3 Å². The highest BCUT2D eigenvalue weighted by molar-refractivity contribution is 5.43. The molecule has 1 saturated heterocycles. The van der Waals surface area contributed by atoms with E-state index in [9.17, 15) is 4.39 Å². The second-order valence-corrected chi connectivity index (χ2v) is 4.95. The average molecular weight is 303 g/mol. The van der Waals surface area contributed by atoms with Crippen molar-refractivity contribution in [2.45, 2.75) is 25.4 Å². The van der Waals surface area contributed by atoms with Crippen LogP contribution in [0, 0.1) is 17.1 Å². The minimum atomic E-state index is -0.615. The van der Waals surface area contributed by atoms with Gasteiger partial charge in [-0.1, -0.05) is 11.2 Å². The van der Waals surface area contributed by atoms with E-state index in [2.05, 4.69) is 10.1 Å². The van der Waals surface area contributed by atoms with Crippen LogP contribution in [0.25, 0.3) is 0 Å². The van der Waals surface area contributed by atoms with Crippen molar-refractivity contribution in [3.8, 4) is 11.8 Å². The molecule has 1 aliphatic rings. The lowest BCUT2D eigenvalue weighted by Gasteiger charge is -2.17. The summed E-state index contributed by atoms with van der Waals surface area (Å²) in [5, 5.41) is 12.8. The fraction of sp³-hybridized carbons (Fsp3) is 0.400. The van der Waals surface area contributed by atoms with Gasteiger partial charge in [0.05, 0.1) is 0 Å². The van der Waals surface area contributed by atoms with Gasteiger partial charge in [0.25, 0.3) is 0 Å². The Morgan fingerprint density at radius 1 is 1.36 bits per heavy atom. The third-order valence-corrected chi connectivity index (χ3v) is 3.50. The molecule has 0 atom stereocenters. The summed E-state index contributed by atoms with van der Waals surface area (Å²) in [4.78, 5) is 4.29. The Morgan fingerprint density at radius 3 is 2.95 bits per heavy atom. The number of nitriles is 1. The van der Waals surface area contributed by atoms with E-state index < -0.39 is 5.82 Å². The lowest BCUT2D eigenvalue weighted by atomic mass is 10.0. The maximum Gasteiger partial charge on any atom is 0.230 e. The topological polar surface area (TPSA) is 81.2 Å². The van der Waals surface area contributed by atoms with Gasteiger partial charge in [0.15, 0.2) is 6.61 Å². The largest absolute Gasteiger partial charge is 0.484 e. The Bertz CT molecular complexity index is 690. The molecule has 1 aromatic carbocycles. The number of rotatable bonds is 4. The number of hydrogen-bond acceptors (Lipinski definition) is 6. The number of halogens is 1. The van der Waals surface area contributed by atoms with Gasteiger partial charge in [-0.2, -0.15) is 10.2 Å². The summed E-state index contributed by atoms with van der Waals surface area (Å²) in [6.45, 7) is 1.40. The first-order chi connectivity index (χ1) is 10.8.